The third-order valence-corrected chi connectivity index (χ3v) is 5.11. The lowest BCUT2D eigenvalue weighted by Crippen LogP contribution is -2.63. The van der Waals surface area contributed by atoms with Gasteiger partial charge in [0.05, 0.1) is 5.69 Å². The molecule has 1 aliphatic heterocycles. The molecule has 1 aromatic carbocycles. The van der Waals surface area contributed by atoms with E-state index in [0.29, 0.717) is 16.8 Å². The van der Waals surface area contributed by atoms with E-state index in [1.54, 1.807) is 12.1 Å². The molecule has 2 aliphatic rings. The summed E-state index contributed by atoms with van der Waals surface area (Å²) in [4.78, 5) is 2.24. The predicted octanol–water partition coefficient (Wildman–Crippen LogP) is 3.98. The molecule has 0 radical (unpaired) electrons. The molecule has 1 spiro atoms. The van der Waals surface area contributed by atoms with Gasteiger partial charge >= 0.3 is 0 Å². The normalized spacial score (nSPS) is 25.4. The van der Waals surface area contributed by atoms with Crippen LogP contribution >= 0.6 is 11.6 Å². The second kappa shape index (κ2) is 5.53. The zero-order chi connectivity index (χ0) is 14.2. The molecule has 3 rings (SSSR count). The molecule has 1 saturated carbocycles. The first-order chi connectivity index (χ1) is 9.63. The molecule has 1 unspecified atom stereocenters. The molecule has 0 amide bonds. The first-order valence-corrected chi connectivity index (χ1v) is 7.98. The van der Waals surface area contributed by atoms with E-state index in [0.717, 1.165) is 19.5 Å². The van der Waals surface area contributed by atoms with Crippen molar-refractivity contribution >= 4 is 17.3 Å². The molecule has 110 valence electrons. The van der Waals surface area contributed by atoms with Gasteiger partial charge in [-0.3, -0.25) is 0 Å². The molecule has 2 fully saturated rings. The van der Waals surface area contributed by atoms with Gasteiger partial charge in [0.1, 0.15) is 5.82 Å². The first-order valence-electron chi connectivity index (χ1n) is 7.60. The van der Waals surface area contributed by atoms with Gasteiger partial charge in [0.2, 0.25) is 0 Å². The molecule has 2 nitrogen and oxygen atoms in total. The lowest BCUT2D eigenvalue weighted by molar-refractivity contribution is 0.266. The number of halogens is 2. The predicted molar refractivity (Wildman–Crippen MR) is 82.0 cm³/mol. The highest BCUT2D eigenvalue weighted by molar-refractivity contribution is 6.30. The van der Waals surface area contributed by atoms with Crippen LogP contribution < -0.4 is 10.2 Å². The molecule has 1 N–H and O–H groups in total. The fraction of sp³-hybridized carbons (Fsp3) is 0.625. The first kappa shape index (κ1) is 14.2. The Morgan fingerprint density at radius 1 is 1.40 bits per heavy atom. The average molecular weight is 297 g/mol. The minimum Gasteiger partial charge on any atom is -0.363 e. The topological polar surface area (TPSA) is 15.3 Å². The number of piperazine rings is 1. The minimum atomic E-state index is -0.164. The summed E-state index contributed by atoms with van der Waals surface area (Å²) in [6.45, 7) is 3.99. The minimum absolute atomic E-state index is 0.164. The van der Waals surface area contributed by atoms with Crippen molar-refractivity contribution in [2.45, 2.75) is 50.6 Å². The average Bonchev–Trinajstić information content (AvgIpc) is 2.90. The highest BCUT2D eigenvalue weighted by atomic mass is 35.5. The zero-order valence-corrected chi connectivity index (χ0v) is 12.7. The van der Waals surface area contributed by atoms with Gasteiger partial charge in [-0.25, -0.2) is 4.39 Å². The summed E-state index contributed by atoms with van der Waals surface area (Å²) >= 11 is 6.07. The smallest absolute Gasteiger partial charge is 0.146 e. The van der Waals surface area contributed by atoms with E-state index in [1.807, 2.05) is 0 Å². The van der Waals surface area contributed by atoms with E-state index in [-0.39, 0.29) is 11.4 Å². The van der Waals surface area contributed by atoms with E-state index in [1.165, 1.54) is 31.7 Å². The van der Waals surface area contributed by atoms with Gasteiger partial charge in [-0.15, -0.1) is 0 Å². The number of nitrogens with zero attached hydrogens (tertiary/aromatic N) is 1. The highest BCUT2D eigenvalue weighted by Crippen LogP contribution is 2.36. The van der Waals surface area contributed by atoms with E-state index >= 15 is 0 Å². The number of hydrogen-bond donors (Lipinski definition) is 1. The van der Waals surface area contributed by atoms with Gasteiger partial charge in [-0.2, -0.15) is 0 Å². The van der Waals surface area contributed by atoms with Gasteiger partial charge in [0.25, 0.3) is 0 Å². The molecule has 4 heteroatoms. The van der Waals surface area contributed by atoms with Gasteiger partial charge in [-0.05, 0) is 37.5 Å². The number of anilines is 1. The van der Waals surface area contributed by atoms with Crippen LogP contribution in [0.4, 0.5) is 10.1 Å². The summed E-state index contributed by atoms with van der Waals surface area (Å²) < 4.78 is 14.2. The van der Waals surface area contributed by atoms with Crippen LogP contribution in [0.25, 0.3) is 0 Å². The Bertz CT molecular complexity index is 485. The molecule has 1 saturated heterocycles. The summed E-state index contributed by atoms with van der Waals surface area (Å²) in [6.07, 6.45) is 5.95. The molecule has 0 aromatic heterocycles. The molecule has 1 atom stereocenters. The summed E-state index contributed by atoms with van der Waals surface area (Å²) in [6, 6.07) is 5.21. The van der Waals surface area contributed by atoms with Crippen LogP contribution in [0.2, 0.25) is 5.02 Å². The van der Waals surface area contributed by atoms with Crippen molar-refractivity contribution in [1.82, 2.24) is 5.32 Å². The Hall–Kier alpha value is -0.800. The summed E-state index contributed by atoms with van der Waals surface area (Å²) in [7, 11) is 0. The fourth-order valence-electron chi connectivity index (χ4n) is 3.69. The number of rotatable bonds is 2. The Labute approximate surface area is 125 Å². The maximum Gasteiger partial charge on any atom is 0.146 e. The maximum absolute atomic E-state index is 14.2. The summed E-state index contributed by atoms with van der Waals surface area (Å²) in [5.74, 6) is -0.164. The van der Waals surface area contributed by atoms with Gasteiger partial charge < -0.3 is 10.2 Å². The molecule has 20 heavy (non-hydrogen) atoms. The van der Waals surface area contributed by atoms with Crippen LogP contribution in [0.5, 0.6) is 0 Å². The number of nitrogens with one attached hydrogen (secondary N) is 1. The van der Waals surface area contributed by atoms with Crippen molar-refractivity contribution in [3.05, 3.63) is 29.0 Å². The van der Waals surface area contributed by atoms with E-state index < -0.39 is 0 Å². The largest absolute Gasteiger partial charge is 0.363 e. The Morgan fingerprint density at radius 3 is 2.85 bits per heavy atom. The summed E-state index contributed by atoms with van der Waals surface area (Å²) in [5, 5.41) is 4.34. The Balaban J connectivity index is 1.92. The summed E-state index contributed by atoms with van der Waals surface area (Å²) in [5.41, 5.74) is 0.845. The van der Waals surface area contributed by atoms with Gasteiger partial charge in [0, 0.05) is 29.7 Å². The van der Waals surface area contributed by atoms with Crippen molar-refractivity contribution in [3.63, 3.8) is 0 Å². The quantitative estimate of drug-likeness (QED) is 0.888. The number of hydrogen-bond acceptors (Lipinski definition) is 2. The van der Waals surface area contributed by atoms with E-state index in [2.05, 4.69) is 17.1 Å². The van der Waals surface area contributed by atoms with Crippen LogP contribution in [-0.2, 0) is 0 Å². The molecule has 1 heterocycles. The lowest BCUT2D eigenvalue weighted by atomic mass is 9.91. The Morgan fingerprint density at radius 2 is 2.15 bits per heavy atom. The third-order valence-electron chi connectivity index (χ3n) is 4.88. The Kier molecular flexibility index (Phi) is 3.91. The van der Waals surface area contributed by atoms with Crippen molar-refractivity contribution in [2.75, 3.05) is 18.0 Å². The van der Waals surface area contributed by atoms with Crippen LogP contribution in [0.15, 0.2) is 18.2 Å². The van der Waals surface area contributed by atoms with Crippen molar-refractivity contribution in [2.24, 2.45) is 0 Å². The second-order valence-electron chi connectivity index (χ2n) is 6.15. The van der Waals surface area contributed by atoms with Gasteiger partial charge in [-0.1, -0.05) is 31.4 Å². The van der Waals surface area contributed by atoms with Crippen LogP contribution in [0, 0.1) is 5.82 Å². The highest BCUT2D eigenvalue weighted by Gasteiger charge is 2.41. The van der Waals surface area contributed by atoms with Gasteiger partial charge in [0.15, 0.2) is 0 Å². The monoisotopic (exact) mass is 296 g/mol. The zero-order valence-electron chi connectivity index (χ0n) is 12.0. The lowest BCUT2D eigenvalue weighted by Gasteiger charge is -2.47. The molecule has 0 bridgehead atoms. The van der Waals surface area contributed by atoms with E-state index in [9.17, 15) is 4.39 Å². The molecular weight excluding hydrogens is 275 g/mol. The van der Waals surface area contributed by atoms with Crippen LogP contribution in [0.1, 0.15) is 39.0 Å². The third kappa shape index (κ3) is 2.53. The molecule has 1 aromatic rings. The molecule has 1 aliphatic carbocycles. The maximum atomic E-state index is 14.2. The second-order valence-corrected chi connectivity index (χ2v) is 6.59. The van der Waals surface area contributed by atoms with Crippen LogP contribution in [0.3, 0.4) is 0 Å². The van der Waals surface area contributed by atoms with Crippen molar-refractivity contribution in [3.8, 4) is 0 Å². The van der Waals surface area contributed by atoms with Crippen molar-refractivity contribution < 1.29 is 4.39 Å². The fourth-order valence-corrected chi connectivity index (χ4v) is 3.86. The SMILES string of the molecule is CCC1CNC2(CCCC2)CN1c1cc(Cl)ccc1F. The van der Waals surface area contributed by atoms with E-state index in [4.69, 9.17) is 11.6 Å². The molecular formula is C16H22ClFN2. The van der Waals surface area contributed by atoms with Crippen molar-refractivity contribution in [1.29, 1.82) is 0 Å². The number of benzene rings is 1. The van der Waals surface area contributed by atoms with Crippen LogP contribution in [-0.4, -0.2) is 24.7 Å². The standard InChI is InChI=1S/C16H22ClFN2/c1-2-13-10-19-16(7-3-4-8-16)11-20(13)15-9-12(17)5-6-14(15)18/h5-6,9,13,19H,2-4,7-8,10-11H2,1H3.